The van der Waals surface area contributed by atoms with E-state index >= 15 is 0 Å². The maximum absolute atomic E-state index is 5.78. The lowest BCUT2D eigenvalue weighted by Gasteiger charge is -2.09. The molecule has 0 aliphatic rings. The molecule has 0 radical (unpaired) electrons. The minimum Gasteiger partial charge on any atom is -0.491 e. The largest absolute Gasteiger partial charge is 0.491 e. The summed E-state index contributed by atoms with van der Waals surface area (Å²) in [5, 5.41) is 0. The van der Waals surface area contributed by atoms with Crippen LogP contribution in [0.3, 0.4) is 0 Å². The van der Waals surface area contributed by atoms with Crippen molar-refractivity contribution in [3.05, 3.63) is 29.8 Å². The lowest BCUT2D eigenvalue weighted by atomic mass is 10.0. The summed E-state index contributed by atoms with van der Waals surface area (Å²) in [6.07, 6.45) is 9.08. The molecule has 0 fully saturated rings. The van der Waals surface area contributed by atoms with Gasteiger partial charge in [-0.2, -0.15) is 0 Å². The van der Waals surface area contributed by atoms with E-state index < -0.39 is 0 Å². The molecule has 0 amide bonds. The first-order valence-corrected chi connectivity index (χ1v) is 20.2. The summed E-state index contributed by atoms with van der Waals surface area (Å²) < 4.78 is 71.4. The number of unbranched alkanes of at least 4 members (excludes halogenated alkanes) is 5. The second kappa shape index (κ2) is 44.2. The maximum Gasteiger partial charge on any atom is 0.119 e. The predicted octanol–water partition coefficient (Wildman–Crippen LogP) is 4.13. The zero-order valence-corrected chi connectivity index (χ0v) is 33.5. The van der Waals surface area contributed by atoms with Gasteiger partial charge in [-0.05, 0) is 30.5 Å². The van der Waals surface area contributed by atoms with Crippen LogP contribution in [-0.2, 0) is 63.3 Å². The van der Waals surface area contributed by atoms with Gasteiger partial charge in [-0.3, -0.25) is 0 Å². The number of aryl methyl sites for hydroxylation is 1. The molecule has 0 aromatic heterocycles. The smallest absolute Gasteiger partial charge is 0.119 e. The van der Waals surface area contributed by atoms with Crippen LogP contribution in [0.5, 0.6) is 5.75 Å². The molecule has 0 heterocycles. The van der Waals surface area contributed by atoms with Gasteiger partial charge >= 0.3 is 0 Å². The highest BCUT2D eigenvalue weighted by Crippen LogP contribution is 2.15. The molecule has 0 bridgehead atoms. The highest BCUT2D eigenvalue weighted by molar-refractivity contribution is 5.27. The predicted molar refractivity (Wildman–Crippen MR) is 208 cm³/mol. The second-order valence-electron chi connectivity index (χ2n) is 12.1. The van der Waals surface area contributed by atoms with Gasteiger partial charge in [-0.25, -0.2) is 0 Å². The molecule has 54 heavy (non-hydrogen) atoms. The molecule has 1 rings (SSSR count). The van der Waals surface area contributed by atoms with Gasteiger partial charge in [-0.1, -0.05) is 51.2 Å². The Morgan fingerprint density at radius 3 is 0.926 bits per heavy atom. The topological polar surface area (TPSA) is 146 Å². The van der Waals surface area contributed by atoms with Gasteiger partial charge in [0.2, 0.25) is 0 Å². The lowest BCUT2D eigenvalue weighted by Crippen LogP contribution is -2.16. The van der Waals surface area contributed by atoms with Crippen molar-refractivity contribution in [2.75, 3.05) is 172 Å². The first-order valence-electron chi connectivity index (χ1n) is 20.2. The number of hydrogen-bond acceptors (Lipinski definition) is 14. The zero-order valence-electron chi connectivity index (χ0n) is 33.5. The normalized spacial score (nSPS) is 11.5. The maximum atomic E-state index is 5.78. The van der Waals surface area contributed by atoms with E-state index in [4.69, 9.17) is 67.3 Å². The Labute approximate surface area is 326 Å². The van der Waals surface area contributed by atoms with Gasteiger partial charge < -0.3 is 67.3 Å². The SMILES string of the molecule is CCCCCCCCc1ccc(OCCOCCOCCOCCOCCOCCOCCOCCOCCOCCOCCOCCOCCN)cc1. The zero-order chi connectivity index (χ0) is 38.5. The molecule has 0 saturated carbocycles. The molecular weight excluding hydrogens is 702 g/mol. The fraction of sp³-hybridized carbons (Fsp3) is 0.850. The van der Waals surface area contributed by atoms with E-state index in [0.717, 1.165) is 12.2 Å². The summed E-state index contributed by atoms with van der Waals surface area (Å²) in [6, 6.07) is 8.43. The summed E-state index contributed by atoms with van der Waals surface area (Å²) >= 11 is 0. The molecule has 0 unspecified atom stereocenters. The van der Waals surface area contributed by atoms with Crippen molar-refractivity contribution in [1.82, 2.24) is 0 Å². The molecule has 14 nitrogen and oxygen atoms in total. The molecule has 2 N–H and O–H groups in total. The Balaban J connectivity index is 1.66. The number of benzene rings is 1. The Hall–Kier alpha value is -1.50. The molecule has 0 atom stereocenters. The van der Waals surface area contributed by atoms with Crippen LogP contribution in [0.2, 0.25) is 0 Å². The van der Waals surface area contributed by atoms with Gasteiger partial charge in [-0.15, -0.1) is 0 Å². The first kappa shape index (κ1) is 50.5. The van der Waals surface area contributed by atoms with E-state index in [1.165, 1.54) is 44.1 Å². The van der Waals surface area contributed by atoms with Crippen molar-refractivity contribution >= 4 is 0 Å². The van der Waals surface area contributed by atoms with E-state index in [1.54, 1.807) is 0 Å². The van der Waals surface area contributed by atoms with Gasteiger partial charge in [0, 0.05) is 6.54 Å². The fourth-order valence-electron chi connectivity index (χ4n) is 4.68. The Bertz CT molecular complexity index is 841. The number of rotatable bonds is 46. The van der Waals surface area contributed by atoms with Crippen LogP contribution in [0.15, 0.2) is 24.3 Å². The monoisotopic (exact) mass is 778 g/mol. The molecule has 0 spiro atoms. The van der Waals surface area contributed by atoms with Crippen LogP contribution >= 0.6 is 0 Å². The average Bonchev–Trinajstić information content (AvgIpc) is 3.19. The van der Waals surface area contributed by atoms with Crippen LogP contribution in [-0.4, -0.2) is 172 Å². The summed E-state index contributed by atoms with van der Waals surface area (Å²) in [5.74, 6) is 0.884. The quantitative estimate of drug-likeness (QED) is 0.0948. The summed E-state index contributed by atoms with van der Waals surface area (Å²) in [6.45, 7) is 15.8. The van der Waals surface area contributed by atoms with Crippen LogP contribution in [0, 0.1) is 0 Å². The van der Waals surface area contributed by atoms with E-state index in [-0.39, 0.29) is 0 Å². The standard InChI is InChI=1S/C40H75NO13/c1-2-3-4-5-6-7-8-39-9-11-40(12-10-39)54-38-37-53-36-35-52-34-33-51-32-31-50-30-29-49-28-27-48-26-25-47-24-23-46-22-21-45-20-19-44-18-17-43-16-15-42-14-13-41/h9-12H,2-8,13-38,41H2,1H3. The molecule has 318 valence electrons. The minimum absolute atomic E-state index is 0.508. The Morgan fingerprint density at radius 2 is 0.611 bits per heavy atom. The van der Waals surface area contributed by atoms with Gasteiger partial charge in [0.05, 0.1) is 159 Å². The summed E-state index contributed by atoms with van der Waals surface area (Å²) in [4.78, 5) is 0. The van der Waals surface area contributed by atoms with E-state index in [9.17, 15) is 0 Å². The molecule has 14 heteroatoms. The third-order valence-electron chi connectivity index (χ3n) is 7.59. The van der Waals surface area contributed by atoms with Gasteiger partial charge in [0.1, 0.15) is 12.4 Å². The number of nitrogens with two attached hydrogens (primary N) is 1. The van der Waals surface area contributed by atoms with Crippen molar-refractivity contribution in [2.45, 2.75) is 51.9 Å². The van der Waals surface area contributed by atoms with E-state index in [0.29, 0.717) is 172 Å². The lowest BCUT2D eigenvalue weighted by molar-refractivity contribution is -0.0284. The van der Waals surface area contributed by atoms with Crippen LogP contribution in [0.4, 0.5) is 0 Å². The third kappa shape index (κ3) is 38.8. The number of hydrogen-bond donors (Lipinski definition) is 1. The van der Waals surface area contributed by atoms with Crippen molar-refractivity contribution < 1.29 is 61.6 Å². The van der Waals surface area contributed by atoms with Crippen molar-refractivity contribution in [3.8, 4) is 5.75 Å². The Kier molecular flexibility index (Phi) is 41.4. The van der Waals surface area contributed by atoms with Crippen LogP contribution in [0.1, 0.15) is 51.0 Å². The molecular formula is C40H75NO13. The second-order valence-corrected chi connectivity index (χ2v) is 12.1. The molecule has 1 aromatic carbocycles. The molecule has 0 aliphatic carbocycles. The van der Waals surface area contributed by atoms with E-state index in [1.807, 2.05) is 12.1 Å². The van der Waals surface area contributed by atoms with Crippen LogP contribution in [0.25, 0.3) is 0 Å². The van der Waals surface area contributed by atoms with Gasteiger partial charge in [0.15, 0.2) is 0 Å². The first-order chi connectivity index (χ1) is 26.9. The summed E-state index contributed by atoms with van der Waals surface area (Å²) in [7, 11) is 0. The fourth-order valence-corrected chi connectivity index (χ4v) is 4.68. The van der Waals surface area contributed by atoms with Crippen molar-refractivity contribution in [2.24, 2.45) is 5.73 Å². The van der Waals surface area contributed by atoms with Crippen molar-refractivity contribution in [1.29, 1.82) is 0 Å². The highest BCUT2D eigenvalue weighted by atomic mass is 16.6. The highest BCUT2D eigenvalue weighted by Gasteiger charge is 1.99. The average molecular weight is 778 g/mol. The van der Waals surface area contributed by atoms with Crippen LogP contribution < -0.4 is 10.5 Å². The molecule has 0 saturated heterocycles. The van der Waals surface area contributed by atoms with Gasteiger partial charge in [0.25, 0.3) is 0 Å². The summed E-state index contributed by atoms with van der Waals surface area (Å²) in [5.41, 5.74) is 6.71. The van der Waals surface area contributed by atoms with E-state index in [2.05, 4.69) is 19.1 Å². The van der Waals surface area contributed by atoms with Crippen molar-refractivity contribution in [3.63, 3.8) is 0 Å². The third-order valence-corrected chi connectivity index (χ3v) is 7.59. The molecule has 0 aliphatic heterocycles. The molecule has 1 aromatic rings. The Morgan fingerprint density at radius 1 is 0.333 bits per heavy atom. The minimum atomic E-state index is 0.508. The number of ether oxygens (including phenoxy) is 13.